The number of fused-ring (bicyclic) bond motifs is 2. The van der Waals surface area contributed by atoms with Crippen LogP contribution in [-0.2, 0) is 4.79 Å². The number of hydrogen-bond acceptors (Lipinski definition) is 7. The Bertz CT molecular complexity index is 1640. The van der Waals surface area contributed by atoms with E-state index in [1.165, 1.54) is 6.07 Å². The molecule has 2 aliphatic rings. The summed E-state index contributed by atoms with van der Waals surface area (Å²) in [4.78, 5) is 29.9. The number of thiophene rings is 1. The van der Waals surface area contributed by atoms with Gasteiger partial charge in [0.15, 0.2) is 5.13 Å². The summed E-state index contributed by atoms with van der Waals surface area (Å²) in [7, 11) is 0. The maximum absolute atomic E-state index is 13.7. The van der Waals surface area contributed by atoms with Crippen molar-refractivity contribution in [3.05, 3.63) is 77.7 Å². The number of benzene rings is 1. The van der Waals surface area contributed by atoms with Crippen LogP contribution in [-0.4, -0.2) is 25.8 Å². The topological polar surface area (TPSA) is 108 Å². The first-order valence-electron chi connectivity index (χ1n) is 11.6. The maximum Gasteiger partial charge on any atom is 0.227 e. The second-order valence-corrected chi connectivity index (χ2v) is 10.1. The largest absolute Gasteiger partial charge is 0.339 e. The van der Waals surface area contributed by atoms with Crippen LogP contribution in [0.4, 0.5) is 15.8 Å². The van der Waals surface area contributed by atoms with Gasteiger partial charge in [-0.15, -0.1) is 11.3 Å². The summed E-state index contributed by atoms with van der Waals surface area (Å²) in [5, 5.41) is 2.72. The Kier molecular flexibility index (Phi) is 4.83. The van der Waals surface area contributed by atoms with Gasteiger partial charge in [-0.25, -0.2) is 10.4 Å². The number of pyridine rings is 2. The highest BCUT2D eigenvalue weighted by Crippen LogP contribution is 2.38. The SMILES string of the molecule is O=C(Nc1cncc(-c2ccc3c(c2)C(c2nc4c(-c5ccc(F)s5)cncc4[nH]2)NN3)c1)C1CC1. The van der Waals surface area contributed by atoms with Gasteiger partial charge in [0, 0.05) is 39.9 Å². The molecule has 5 heterocycles. The lowest BCUT2D eigenvalue weighted by molar-refractivity contribution is -0.117. The van der Waals surface area contributed by atoms with Gasteiger partial charge in [0.2, 0.25) is 5.91 Å². The van der Waals surface area contributed by atoms with Gasteiger partial charge in [-0.1, -0.05) is 6.07 Å². The smallest absolute Gasteiger partial charge is 0.227 e. The molecule has 1 aromatic carbocycles. The number of nitrogens with one attached hydrogen (secondary N) is 4. The van der Waals surface area contributed by atoms with Crippen molar-refractivity contribution in [2.45, 2.75) is 18.9 Å². The van der Waals surface area contributed by atoms with Crippen molar-refractivity contribution in [1.29, 1.82) is 0 Å². The number of rotatable bonds is 5. The molecule has 0 spiro atoms. The van der Waals surface area contributed by atoms with E-state index in [4.69, 9.17) is 4.98 Å². The van der Waals surface area contributed by atoms with E-state index in [-0.39, 0.29) is 23.0 Å². The van der Waals surface area contributed by atoms with E-state index in [9.17, 15) is 9.18 Å². The van der Waals surface area contributed by atoms with Gasteiger partial charge in [-0.05, 0) is 48.7 Å². The summed E-state index contributed by atoms with van der Waals surface area (Å²) < 4.78 is 13.7. The van der Waals surface area contributed by atoms with Crippen molar-refractivity contribution in [3.63, 3.8) is 0 Å². The lowest BCUT2D eigenvalue weighted by Crippen LogP contribution is -2.20. The third-order valence-electron chi connectivity index (χ3n) is 6.53. The highest BCUT2D eigenvalue weighted by molar-refractivity contribution is 7.14. The van der Waals surface area contributed by atoms with E-state index in [0.29, 0.717) is 5.69 Å². The number of aromatic nitrogens is 4. The molecule has 36 heavy (non-hydrogen) atoms. The highest BCUT2D eigenvalue weighted by atomic mass is 32.1. The van der Waals surface area contributed by atoms with Gasteiger partial charge in [-0.3, -0.25) is 14.8 Å². The minimum atomic E-state index is -0.244. The zero-order valence-electron chi connectivity index (χ0n) is 18.9. The quantitative estimate of drug-likeness (QED) is 0.264. The van der Waals surface area contributed by atoms with Crippen LogP contribution in [0.25, 0.3) is 32.6 Å². The minimum absolute atomic E-state index is 0.0559. The Labute approximate surface area is 209 Å². The molecule has 1 aliphatic carbocycles. The summed E-state index contributed by atoms with van der Waals surface area (Å²) in [5.41, 5.74) is 13.4. The molecule has 10 heteroatoms. The monoisotopic (exact) mass is 497 g/mol. The summed E-state index contributed by atoms with van der Waals surface area (Å²) in [6.07, 6.45) is 8.81. The molecule has 1 atom stereocenters. The molecule has 5 aromatic rings. The maximum atomic E-state index is 13.7. The number of hydrazine groups is 1. The third-order valence-corrected chi connectivity index (χ3v) is 7.43. The second-order valence-electron chi connectivity index (χ2n) is 9.04. The Morgan fingerprint density at radius 3 is 2.75 bits per heavy atom. The number of imidazole rings is 1. The third kappa shape index (κ3) is 3.71. The zero-order valence-corrected chi connectivity index (χ0v) is 19.7. The minimum Gasteiger partial charge on any atom is -0.339 e. The Hall–Kier alpha value is -4.15. The Morgan fingerprint density at radius 2 is 1.92 bits per heavy atom. The number of carbonyl (C=O) groups is 1. The summed E-state index contributed by atoms with van der Waals surface area (Å²) in [6, 6.07) is 11.0. The van der Waals surface area contributed by atoms with E-state index in [2.05, 4.69) is 37.2 Å². The van der Waals surface area contributed by atoms with Crippen molar-refractivity contribution < 1.29 is 9.18 Å². The number of H-pyrrole nitrogens is 1. The van der Waals surface area contributed by atoms with Gasteiger partial charge in [0.1, 0.15) is 17.4 Å². The number of anilines is 2. The fourth-order valence-corrected chi connectivity index (χ4v) is 5.26. The first kappa shape index (κ1) is 21.2. The van der Waals surface area contributed by atoms with Crippen LogP contribution in [0.2, 0.25) is 0 Å². The van der Waals surface area contributed by atoms with Gasteiger partial charge < -0.3 is 15.7 Å². The molecule has 1 aliphatic heterocycles. The summed E-state index contributed by atoms with van der Waals surface area (Å²) in [5.74, 6) is 0.911. The summed E-state index contributed by atoms with van der Waals surface area (Å²) in [6.45, 7) is 0. The molecule has 1 saturated carbocycles. The molecule has 0 saturated heterocycles. The second kappa shape index (κ2) is 8.21. The van der Waals surface area contributed by atoms with Crippen LogP contribution < -0.4 is 16.2 Å². The number of nitrogens with zero attached hydrogens (tertiary/aromatic N) is 3. The molecular weight excluding hydrogens is 477 g/mol. The van der Waals surface area contributed by atoms with Crippen molar-refractivity contribution in [2.75, 3.05) is 10.7 Å². The molecule has 7 rings (SSSR count). The number of carbonyl (C=O) groups excluding carboxylic acids is 1. The lowest BCUT2D eigenvalue weighted by atomic mass is 9.99. The average molecular weight is 498 g/mol. The van der Waals surface area contributed by atoms with Crippen LogP contribution in [0.3, 0.4) is 0 Å². The first-order chi connectivity index (χ1) is 17.6. The van der Waals surface area contributed by atoms with E-state index >= 15 is 0 Å². The number of hydrogen-bond donors (Lipinski definition) is 4. The fourth-order valence-electron chi connectivity index (χ4n) is 4.52. The molecule has 0 bridgehead atoms. The molecule has 8 nitrogen and oxygen atoms in total. The molecule has 1 fully saturated rings. The van der Waals surface area contributed by atoms with Gasteiger partial charge >= 0.3 is 0 Å². The standard InChI is InChI=1S/C26H20FN7OS/c27-22-6-5-21(36-22)18-11-29-12-20-23(18)32-25(31-20)24-17-8-14(3-4-19(17)33-34-24)15-7-16(10-28-9-15)30-26(35)13-1-2-13/h3-13,24,33-34H,1-2H2,(H,30,35)(H,31,32). The average Bonchev–Trinajstić information content (AvgIpc) is 3.30. The van der Waals surface area contributed by atoms with Gasteiger partial charge in [0.05, 0.1) is 29.3 Å². The summed E-state index contributed by atoms with van der Waals surface area (Å²) >= 11 is 1.07. The van der Waals surface area contributed by atoms with Crippen molar-refractivity contribution in [2.24, 2.45) is 5.92 Å². The van der Waals surface area contributed by atoms with Crippen LogP contribution in [0.5, 0.6) is 0 Å². The molecule has 4 N–H and O–H groups in total. The van der Waals surface area contributed by atoms with Crippen molar-refractivity contribution >= 4 is 39.7 Å². The number of amides is 1. The molecule has 1 unspecified atom stereocenters. The van der Waals surface area contributed by atoms with Crippen molar-refractivity contribution in [1.82, 2.24) is 25.4 Å². The van der Waals surface area contributed by atoms with Crippen molar-refractivity contribution in [3.8, 4) is 21.6 Å². The van der Waals surface area contributed by atoms with Gasteiger partial charge in [0.25, 0.3) is 0 Å². The molecular formula is C26H20FN7OS. The van der Waals surface area contributed by atoms with Crippen LogP contribution in [0.1, 0.15) is 30.3 Å². The zero-order chi connectivity index (χ0) is 24.2. The lowest BCUT2D eigenvalue weighted by Gasteiger charge is -2.10. The molecule has 4 aromatic heterocycles. The Morgan fingerprint density at radius 1 is 1.03 bits per heavy atom. The van der Waals surface area contributed by atoms with E-state index in [1.807, 2.05) is 18.2 Å². The fraction of sp³-hybridized carbons (Fsp3) is 0.154. The Balaban J connectivity index is 1.23. The predicted octanol–water partition coefficient (Wildman–Crippen LogP) is 5.26. The first-order valence-corrected chi connectivity index (χ1v) is 12.4. The number of aromatic amines is 1. The predicted molar refractivity (Wildman–Crippen MR) is 137 cm³/mol. The van der Waals surface area contributed by atoms with E-state index in [0.717, 1.165) is 73.9 Å². The van der Waals surface area contributed by atoms with Crippen LogP contribution >= 0.6 is 11.3 Å². The highest BCUT2D eigenvalue weighted by Gasteiger charge is 2.30. The number of halogens is 1. The van der Waals surface area contributed by atoms with Crippen LogP contribution in [0, 0.1) is 11.0 Å². The van der Waals surface area contributed by atoms with E-state index < -0.39 is 0 Å². The molecule has 0 radical (unpaired) electrons. The molecule has 1 amide bonds. The van der Waals surface area contributed by atoms with Crippen LogP contribution in [0.15, 0.2) is 61.2 Å². The van der Waals surface area contributed by atoms with Gasteiger partial charge in [-0.2, -0.15) is 4.39 Å². The van der Waals surface area contributed by atoms with E-state index in [1.54, 1.807) is 30.9 Å². The normalized spacial score (nSPS) is 16.6. The molecule has 178 valence electrons.